The van der Waals surface area contributed by atoms with Crippen molar-refractivity contribution in [1.29, 1.82) is 0 Å². The average Bonchev–Trinajstić information content (AvgIpc) is 2.92. The highest BCUT2D eigenvalue weighted by Gasteiger charge is 2.29. The topological polar surface area (TPSA) is 104 Å². The molecule has 8 heteroatoms. The molecule has 2 unspecified atom stereocenters. The first-order valence-corrected chi connectivity index (χ1v) is 7.93. The number of imidazole rings is 1. The number of rotatable bonds is 5. The predicted octanol–water partition coefficient (Wildman–Crippen LogP) is -0.0242. The molecular weight excluding hydrogens is 266 g/mol. The van der Waals surface area contributed by atoms with Crippen LogP contribution in [0.5, 0.6) is 0 Å². The first kappa shape index (κ1) is 14.4. The van der Waals surface area contributed by atoms with Crippen molar-refractivity contribution < 1.29 is 8.42 Å². The first-order valence-electron chi connectivity index (χ1n) is 6.49. The molecule has 1 aliphatic rings. The second-order valence-electron chi connectivity index (χ2n) is 4.92. The molecule has 0 aliphatic carbocycles. The summed E-state index contributed by atoms with van der Waals surface area (Å²) in [6.07, 6.45) is 5.13. The number of H-pyrrole nitrogens is 1. The van der Waals surface area contributed by atoms with Gasteiger partial charge < -0.3 is 10.7 Å². The molecule has 1 aromatic rings. The molecule has 0 spiro atoms. The molecule has 4 N–H and O–H groups in total. The predicted molar refractivity (Wildman–Crippen MR) is 72.4 cm³/mol. The molecule has 2 rings (SSSR count). The summed E-state index contributed by atoms with van der Waals surface area (Å²) < 4.78 is 28.7. The molecule has 0 saturated carbocycles. The Labute approximate surface area is 113 Å². The molecule has 108 valence electrons. The van der Waals surface area contributed by atoms with E-state index in [0.717, 1.165) is 12.8 Å². The number of piperidine rings is 1. The molecule has 0 bridgehead atoms. The van der Waals surface area contributed by atoms with Gasteiger partial charge in [-0.1, -0.05) is 0 Å². The van der Waals surface area contributed by atoms with Crippen molar-refractivity contribution in [1.82, 2.24) is 19.0 Å². The van der Waals surface area contributed by atoms with Crippen LogP contribution in [0.1, 0.15) is 31.6 Å². The number of nitrogens with one attached hydrogen (secondary N) is 2. The summed E-state index contributed by atoms with van der Waals surface area (Å²) >= 11 is 0. The zero-order valence-electron chi connectivity index (χ0n) is 11.0. The van der Waals surface area contributed by atoms with Crippen molar-refractivity contribution in [3.8, 4) is 0 Å². The first-order chi connectivity index (χ1) is 9.03. The maximum absolute atomic E-state index is 12.3. The van der Waals surface area contributed by atoms with Crippen LogP contribution in [0.4, 0.5) is 0 Å². The highest BCUT2D eigenvalue weighted by molar-refractivity contribution is 7.87. The normalized spacial score (nSPS) is 23.4. The van der Waals surface area contributed by atoms with Crippen LogP contribution in [0.3, 0.4) is 0 Å². The smallest absolute Gasteiger partial charge is 0.280 e. The number of hydrogen-bond acceptors (Lipinski definition) is 4. The zero-order valence-corrected chi connectivity index (χ0v) is 11.9. The lowest BCUT2D eigenvalue weighted by atomic mass is 10.0. The highest BCUT2D eigenvalue weighted by Crippen LogP contribution is 2.19. The van der Waals surface area contributed by atoms with E-state index in [1.54, 1.807) is 19.3 Å². The lowest BCUT2D eigenvalue weighted by molar-refractivity contribution is 0.267. The Morgan fingerprint density at radius 1 is 1.68 bits per heavy atom. The third-order valence-electron chi connectivity index (χ3n) is 3.41. The standard InChI is InChI=1S/C11H21N5O2S/c1-9(11-13-4-5-14-11)15-19(17,18)16-6-2-3-10(7-12)8-16/h4-5,9-10,15H,2-3,6-8,12H2,1H3,(H,13,14). The summed E-state index contributed by atoms with van der Waals surface area (Å²) in [7, 11) is -3.48. The minimum absolute atomic E-state index is 0.254. The molecule has 2 heterocycles. The molecule has 1 aliphatic heterocycles. The Morgan fingerprint density at radius 3 is 3.11 bits per heavy atom. The maximum Gasteiger partial charge on any atom is 0.280 e. The molecule has 1 fully saturated rings. The van der Waals surface area contributed by atoms with Crippen LogP contribution in [-0.4, -0.2) is 42.3 Å². The van der Waals surface area contributed by atoms with Crippen LogP contribution in [0.25, 0.3) is 0 Å². The van der Waals surface area contributed by atoms with E-state index in [-0.39, 0.29) is 12.0 Å². The van der Waals surface area contributed by atoms with Gasteiger partial charge in [-0.3, -0.25) is 0 Å². The summed E-state index contributed by atoms with van der Waals surface area (Å²) in [6, 6.07) is -0.377. The summed E-state index contributed by atoms with van der Waals surface area (Å²) in [5.41, 5.74) is 5.63. The fraction of sp³-hybridized carbons (Fsp3) is 0.727. The number of nitrogens with two attached hydrogens (primary N) is 1. The van der Waals surface area contributed by atoms with E-state index >= 15 is 0 Å². The van der Waals surface area contributed by atoms with Gasteiger partial charge >= 0.3 is 0 Å². The molecule has 2 atom stereocenters. The van der Waals surface area contributed by atoms with Gasteiger partial charge in [-0.05, 0) is 32.2 Å². The highest BCUT2D eigenvalue weighted by atomic mass is 32.2. The van der Waals surface area contributed by atoms with Crippen molar-refractivity contribution in [2.45, 2.75) is 25.8 Å². The number of hydrogen-bond donors (Lipinski definition) is 3. The molecule has 0 aromatic carbocycles. The van der Waals surface area contributed by atoms with Crippen LogP contribution < -0.4 is 10.5 Å². The van der Waals surface area contributed by atoms with E-state index in [2.05, 4.69) is 14.7 Å². The average molecular weight is 287 g/mol. The molecule has 7 nitrogen and oxygen atoms in total. The molecule has 1 saturated heterocycles. The zero-order chi connectivity index (χ0) is 13.9. The van der Waals surface area contributed by atoms with Crippen molar-refractivity contribution in [2.75, 3.05) is 19.6 Å². The second kappa shape index (κ2) is 6.00. The number of nitrogens with zero attached hydrogens (tertiary/aromatic N) is 2. The van der Waals surface area contributed by atoms with Gasteiger partial charge in [0.25, 0.3) is 10.2 Å². The molecule has 19 heavy (non-hydrogen) atoms. The third-order valence-corrected chi connectivity index (χ3v) is 5.07. The maximum atomic E-state index is 12.3. The van der Waals surface area contributed by atoms with Gasteiger partial charge in [-0.25, -0.2) is 4.98 Å². The van der Waals surface area contributed by atoms with Crippen LogP contribution >= 0.6 is 0 Å². The minimum atomic E-state index is -3.48. The van der Waals surface area contributed by atoms with Crippen LogP contribution in [-0.2, 0) is 10.2 Å². The lowest BCUT2D eigenvalue weighted by Crippen LogP contribution is -2.47. The van der Waals surface area contributed by atoms with Crippen LogP contribution in [0.2, 0.25) is 0 Å². The van der Waals surface area contributed by atoms with Gasteiger partial charge in [0.2, 0.25) is 0 Å². The van der Waals surface area contributed by atoms with Crippen molar-refractivity contribution in [3.05, 3.63) is 18.2 Å². The number of aromatic amines is 1. The third kappa shape index (κ3) is 3.53. The van der Waals surface area contributed by atoms with E-state index in [1.165, 1.54) is 4.31 Å². The van der Waals surface area contributed by atoms with Gasteiger partial charge in [0, 0.05) is 25.5 Å². The van der Waals surface area contributed by atoms with Crippen molar-refractivity contribution in [2.24, 2.45) is 11.7 Å². The fourth-order valence-corrected chi connectivity index (χ4v) is 3.79. The van der Waals surface area contributed by atoms with Crippen LogP contribution in [0, 0.1) is 5.92 Å². The second-order valence-corrected chi connectivity index (χ2v) is 6.62. The largest absolute Gasteiger partial charge is 0.347 e. The Hall–Kier alpha value is -0.960. The Kier molecular flexibility index (Phi) is 4.56. The summed E-state index contributed by atoms with van der Waals surface area (Å²) in [5.74, 6) is 0.861. The monoisotopic (exact) mass is 287 g/mol. The van der Waals surface area contributed by atoms with E-state index in [9.17, 15) is 8.42 Å². The molecule has 0 amide bonds. The Balaban J connectivity index is 2.01. The van der Waals surface area contributed by atoms with Crippen LogP contribution in [0.15, 0.2) is 12.4 Å². The van der Waals surface area contributed by atoms with Crippen molar-refractivity contribution >= 4 is 10.2 Å². The summed E-state index contributed by atoms with van der Waals surface area (Å²) in [4.78, 5) is 6.96. The molecular formula is C11H21N5O2S. The van der Waals surface area contributed by atoms with Gasteiger partial charge in [0.15, 0.2) is 0 Å². The van der Waals surface area contributed by atoms with Gasteiger partial charge in [-0.15, -0.1) is 0 Å². The van der Waals surface area contributed by atoms with Crippen molar-refractivity contribution in [3.63, 3.8) is 0 Å². The summed E-state index contributed by atoms with van der Waals surface area (Å²) in [6.45, 7) is 3.34. The Morgan fingerprint density at radius 2 is 2.47 bits per heavy atom. The van der Waals surface area contributed by atoms with Gasteiger partial charge in [0.05, 0.1) is 6.04 Å². The number of aromatic nitrogens is 2. The van der Waals surface area contributed by atoms with Gasteiger partial charge in [0.1, 0.15) is 5.82 Å². The Bertz CT molecular complexity index is 487. The van der Waals surface area contributed by atoms with E-state index in [0.29, 0.717) is 25.5 Å². The fourth-order valence-electron chi connectivity index (χ4n) is 2.31. The van der Waals surface area contributed by atoms with E-state index in [1.807, 2.05) is 0 Å². The molecule has 1 aromatic heterocycles. The SMILES string of the molecule is CC(NS(=O)(=O)N1CCCC(CN)C1)c1ncc[nH]1. The minimum Gasteiger partial charge on any atom is -0.347 e. The quantitative estimate of drug-likeness (QED) is 0.707. The molecule has 0 radical (unpaired) electrons. The van der Waals surface area contributed by atoms with E-state index in [4.69, 9.17) is 5.73 Å². The van der Waals surface area contributed by atoms with Gasteiger partial charge in [-0.2, -0.15) is 17.4 Å². The van der Waals surface area contributed by atoms with E-state index < -0.39 is 10.2 Å². The summed E-state index contributed by atoms with van der Waals surface area (Å²) in [5, 5.41) is 0. The lowest BCUT2D eigenvalue weighted by Gasteiger charge is -2.31.